The van der Waals surface area contributed by atoms with E-state index in [1.165, 1.54) is 19.8 Å². The fraction of sp³-hybridized carbons (Fsp3) is 1.00. The van der Waals surface area contributed by atoms with Crippen molar-refractivity contribution in [2.24, 2.45) is 0 Å². The average molecular weight is 330 g/mol. The monoisotopic (exact) mass is 330 g/mol. The molecule has 1 N–H and O–H groups in total. The summed E-state index contributed by atoms with van der Waals surface area (Å²) in [5.41, 5.74) is 0. The topological polar surface area (TPSA) is 47.9 Å². The van der Waals surface area contributed by atoms with Gasteiger partial charge in [0.2, 0.25) is 0 Å². The summed E-state index contributed by atoms with van der Waals surface area (Å²) < 4.78 is 49.9. The summed E-state index contributed by atoms with van der Waals surface area (Å²) >= 11 is 0. The smallest absolute Gasteiger partial charge is 0.389 e. The third-order valence-electron chi connectivity index (χ3n) is 3.36. The second-order valence-electron chi connectivity index (χ2n) is 5.48. The Kier molecular flexibility index (Phi) is 11.9. The molecule has 1 fully saturated rings. The van der Waals surface area contributed by atoms with Crippen LogP contribution in [0.5, 0.6) is 0 Å². The second-order valence-corrected chi connectivity index (χ2v) is 5.48. The molecule has 7 heteroatoms. The molecule has 0 saturated heterocycles. The molecule has 22 heavy (non-hydrogen) atoms. The Morgan fingerprint density at radius 3 is 1.95 bits per heavy atom. The quantitative estimate of drug-likeness (QED) is 0.728. The van der Waals surface area contributed by atoms with Crippen LogP contribution in [-0.2, 0) is 14.2 Å². The van der Waals surface area contributed by atoms with E-state index in [1.807, 2.05) is 0 Å². The average Bonchev–Trinajstić information content (AvgIpc) is 2.46. The molecular weight excluding hydrogens is 301 g/mol. The predicted octanol–water partition coefficient (Wildman–Crippen LogP) is 3.32. The number of aliphatic hydroxyl groups is 1. The summed E-state index contributed by atoms with van der Waals surface area (Å²) in [5.74, 6) is 0. The lowest BCUT2D eigenvalue weighted by Gasteiger charge is -2.28. The maximum atomic E-state index is 11.5. The third kappa shape index (κ3) is 12.2. The summed E-state index contributed by atoms with van der Waals surface area (Å²) in [5, 5.41) is 8.66. The molecule has 3 unspecified atom stereocenters. The first-order valence-electron chi connectivity index (χ1n) is 7.68. The Bertz CT molecular complexity index is 248. The van der Waals surface area contributed by atoms with Crippen LogP contribution in [0.2, 0.25) is 0 Å². The Hall–Kier alpha value is -0.370. The maximum Gasteiger partial charge on any atom is 0.389 e. The van der Waals surface area contributed by atoms with E-state index in [-0.39, 0.29) is 19.6 Å². The van der Waals surface area contributed by atoms with Gasteiger partial charge >= 0.3 is 6.18 Å². The molecule has 0 spiro atoms. The minimum Gasteiger partial charge on any atom is -0.391 e. The highest BCUT2D eigenvalue weighted by Crippen LogP contribution is 2.22. The number of rotatable bonds is 7. The number of halogens is 3. The largest absolute Gasteiger partial charge is 0.391 e. The number of aliphatic hydroxyl groups excluding tert-OH is 1. The summed E-state index contributed by atoms with van der Waals surface area (Å²) in [6.07, 6.45) is 0.00575. The van der Waals surface area contributed by atoms with Crippen molar-refractivity contribution in [3.8, 4) is 0 Å². The lowest BCUT2D eigenvalue weighted by molar-refractivity contribution is -0.138. The van der Waals surface area contributed by atoms with Crippen LogP contribution < -0.4 is 0 Å². The first-order valence-corrected chi connectivity index (χ1v) is 7.68. The van der Waals surface area contributed by atoms with Crippen LogP contribution in [-0.4, -0.2) is 57.0 Å². The van der Waals surface area contributed by atoms with Crippen molar-refractivity contribution in [2.75, 3.05) is 27.4 Å². The zero-order valence-corrected chi connectivity index (χ0v) is 13.7. The van der Waals surface area contributed by atoms with Crippen molar-refractivity contribution in [3.63, 3.8) is 0 Å². The van der Waals surface area contributed by atoms with Crippen LogP contribution >= 0.6 is 0 Å². The summed E-state index contributed by atoms with van der Waals surface area (Å²) in [7, 11) is 3.53. The summed E-state index contributed by atoms with van der Waals surface area (Å²) in [4.78, 5) is 0. The van der Waals surface area contributed by atoms with Crippen molar-refractivity contribution in [1.29, 1.82) is 0 Å². The van der Waals surface area contributed by atoms with Crippen molar-refractivity contribution < 1.29 is 32.5 Å². The second kappa shape index (κ2) is 12.1. The molecule has 0 radical (unpaired) electrons. The van der Waals surface area contributed by atoms with E-state index < -0.39 is 18.7 Å². The molecular formula is C15H29F3O4. The van der Waals surface area contributed by atoms with Crippen molar-refractivity contribution in [1.82, 2.24) is 0 Å². The van der Waals surface area contributed by atoms with Gasteiger partial charge in [-0.1, -0.05) is 12.8 Å². The minimum absolute atomic E-state index is 0.0454. The molecule has 1 aliphatic carbocycles. The molecule has 0 heterocycles. The molecule has 0 aromatic carbocycles. The van der Waals surface area contributed by atoms with Crippen molar-refractivity contribution in [2.45, 2.75) is 69.9 Å². The van der Waals surface area contributed by atoms with Crippen LogP contribution in [0, 0.1) is 0 Å². The van der Waals surface area contributed by atoms with E-state index in [4.69, 9.17) is 19.3 Å². The Morgan fingerprint density at radius 1 is 1.09 bits per heavy atom. The lowest BCUT2D eigenvalue weighted by Crippen LogP contribution is -2.32. The Morgan fingerprint density at radius 2 is 1.59 bits per heavy atom. The van der Waals surface area contributed by atoms with Gasteiger partial charge in [0.05, 0.1) is 24.9 Å². The van der Waals surface area contributed by atoms with Gasteiger partial charge in [0.25, 0.3) is 0 Å². The van der Waals surface area contributed by atoms with E-state index >= 15 is 0 Å². The van der Waals surface area contributed by atoms with Crippen molar-refractivity contribution >= 4 is 0 Å². The number of methoxy groups -OCH3 is 2. The highest BCUT2D eigenvalue weighted by molar-refractivity contribution is 4.75. The Labute approximate surface area is 130 Å². The fourth-order valence-electron chi connectivity index (χ4n) is 2.23. The first-order chi connectivity index (χ1) is 10.3. The number of alkyl halides is 3. The van der Waals surface area contributed by atoms with E-state index in [1.54, 1.807) is 14.2 Å². The van der Waals surface area contributed by atoms with Gasteiger partial charge in [-0.3, -0.25) is 0 Å². The molecule has 0 bridgehead atoms. The van der Waals surface area contributed by atoms with Gasteiger partial charge in [0.1, 0.15) is 0 Å². The van der Waals surface area contributed by atoms with Gasteiger partial charge < -0.3 is 19.3 Å². The highest BCUT2D eigenvalue weighted by atomic mass is 19.4. The van der Waals surface area contributed by atoms with Crippen LogP contribution in [0.15, 0.2) is 0 Å². The predicted molar refractivity (Wildman–Crippen MR) is 77.9 cm³/mol. The molecule has 1 saturated carbocycles. The van der Waals surface area contributed by atoms with E-state index in [0.29, 0.717) is 12.2 Å². The molecule has 3 atom stereocenters. The maximum absolute atomic E-state index is 11.5. The minimum atomic E-state index is -4.10. The van der Waals surface area contributed by atoms with Gasteiger partial charge in [-0.25, -0.2) is 0 Å². The highest BCUT2D eigenvalue weighted by Gasteiger charge is 2.26. The molecule has 0 aromatic heterocycles. The fourth-order valence-corrected chi connectivity index (χ4v) is 2.23. The first kappa shape index (κ1) is 21.6. The number of hydrogen-bond acceptors (Lipinski definition) is 4. The van der Waals surface area contributed by atoms with Gasteiger partial charge in [0.15, 0.2) is 0 Å². The number of ether oxygens (including phenoxy) is 3. The van der Waals surface area contributed by atoms with Crippen LogP contribution in [0.4, 0.5) is 13.2 Å². The van der Waals surface area contributed by atoms with Gasteiger partial charge in [-0.2, -0.15) is 13.2 Å². The number of hydrogen-bond donors (Lipinski definition) is 1. The van der Waals surface area contributed by atoms with Crippen LogP contribution in [0.25, 0.3) is 0 Å². The molecule has 1 rings (SSSR count). The normalized spacial score (nSPS) is 23.6. The molecule has 134 valence electrons. The van der Waals surface area contributed by atoms with Gasteiger partial charge in [-0.05, 0) is 26.2 Å². The molecule has 0 aromatic rings. The molecule has 4 nitrogen and oxygen atoms in total. The SMILES string of the molecule is CC(O)COCCCC(F)(F)F.COC1CCCCC1OC. The van der Waals surface area contributed by atoms with Gasteiger partial charge in [-0.15, -0.1) is 0 Å². The molecule has 0 amide bonds. The van der Waals surface area contributed by atoms with Crippen LogP contribution in [0.1, 0.15) is 45.4 Å². The van der Waals surface area contributed by atoms with E-state index in [0.717, 1.165) is 12.8 Å². The van der Waals surface area contributed by atoms with E-state index in [2.05, 4.69) is 0 Å². The summed E-state index contributed by atoms with van der Waals surface area (Å²) in [6.45, 7) is 1.66. The lowest BCUT2D eigenvalue weighted by atomic mass is 9.95. The van der Waals surface area contributed by atoms with Gasteiger partial charge in [0, 0.05) is 27.2 Å². The molecule has 0 aliphatic heterocycles. The third-order valence-corrected chi connectivity index (χ3v) is 3.36. The zero-order valence-electron chi connectivity index (χ0n) is 13.7. The van der Waals surface area contributed by atoms with Crippen molar-refractivity contribution in [3.05, 3.63) is 0 Å². The van der Waals surface area contributed by atoms with Crippen LogP contribution in [0.3, 0.4) is 0 Å². The zero-order chi connectivity index (χ0) is 17.0. The summed E-state index contributed by atoms with van der Waals surface area (Å²) in [6, 6.07) is 0. The Balaban J connectivity index is 0.000000406. The molecule has 1 aliphatic rings. The van der Waals surface area contributed by atoms with E-state index in [9.17, 15) is 13.2 Å². The standard InChI is InChI=1S/C8H16O2.C7H13F3O2/c1-9-7-5-3-4-6-8(7)10-2;1-6(11)5-12-4-2-3-7(8,9)10/h7-8H,3-6H2,1-2H3;6,11H,2-5H2,1H3.